The highest BCUT2D eigenvalue weighted by Gasteiger charge is 2.26. The molecule has 0 bridgehead atoms. The van der Waals surface area contributed by atoms with E-state index in [2.05, 4.69) is 20.4 Å². The lowest BCUT2D eigenvalue weighted by atomic mass is 10.1. The number of hydrogen-bond acceptors (Lipinski definition) is 4. The van der Waals surface area contributed by atoms with E-state index in [4.69, 9.17) is 16.3 Å². The summed E-state index contributed by atoms with van der Waals surface area (Å²) in [5.41, 5.74) is 2.85. The van der Waals surface area contributed by atoms with Crippen LogP contribution in [0.4, 0.5) is 5.69 Å². The number of hydrogen-bond donors (Lipinski definition) is 0. The number of benzene rings is 2. The minimum Gasteiger partial charge on any atom is -0.492 e. The zero-order valence-electron chi connectivity index (χ0n) is 19.1. The monoisotopic (exact) mass is 454 g/mol. The van der Waals surface area contributed by atoms with Gasteiger partial charge in [-0.2, -0.15) is 0 Å². The third-order valence-electron chi connectivity index (χ3n) is 5.94. The highest BCUT2D eigenvalue weighted by atomic mass is 35.5. The van der Waals surface area contributed by atoms with Crippen molar-refractivity contribution < 1.29 is 9.53 Å². The van der Waals surface area contributed by atoms with Crippen molar-refractivity contribution in [2.24, 2.45) is 0 Å². The Bertz CT molecular complexity index is 1090. The number of likely N-dealkylation sites (N-methyl/N-ethyl adjacent to an activating group) is 1. The number of aromatic nitrogens is 1. The fourth-order valence-corrected chi connectivity index (χ4v) is 4.41. The van der Waals surface area contributed by atoms with E-state index in [1.54, 1.807) is 0 Å². The van der Waals surface area contributed by atoms with Crippen LogP contribution in [0.15, 0.2) is 48.7 Å². The van der Waals surface area contributed by atoms with Gasteiger partial charge in [-0.05, 0) is 45.3 Å². The second-order valence-corrected chi connectivity index (χ2v) is 8.82. The minimum atomic E-state index is 0.0821. The summed E-state index contributed by atoms with van der Waals surface area (Å²) in [4.78, 5) is 19.9. The summed E-state index contributed by atoms with van der Waals surface area (Å²) in [5, 5.41) is 1.64. The number of fused-ring (bicyclic) bond motifs is 1. The highest BCUT2D eigenvalue weighted by molar-refractivity contribution is 6.31. The number of carbonyl (C=O) groups excluding carboxylic acids is 1. The largest absolute Gasteiger partial charge is 0.492 e. The standard InChI is InChI=1S/C25H31ClN4O2/c1-4-32-24-8-6-5-7-22(24)28-13-15-29(16-14-28)25(31)21-18-30(12-11-27(2)3)23-17-19(26)9-10-20(21)23/h5-10,17-18H,4,11-16H2,1-3H3. The van der Waals surface area contributed by atoms with Gasteiger partial charge < -0.3 is 24.0 Å². The highest BCUT2D eigenvalue weighted by Crippen LogP contribution is 2.30. The molecule has 0 N–H and O–H groups in total. The second kappa shape index (κ2) is 9.84. The van der Waals surface area contributed by atoms with Gasteiger partial charge in [-0.25, -0.2) is 0 Å². The van der Waals surface area contributed by atoms with E-state index in [1.807, 2.05) is 68.5 Å². The van der Waals surface area contributed by atoms with Crippen molar-refractivity contribution in [1.82, 2.24) is 14.4 Å². The first-order valence-corrected chi connectivity index (χ1v) is 11.5. The maximum absolute atomic E-state index is 13.5. The maximum Gasteiger partial charge on any atom is 0.256 e. The predicted octanol–water partition coefficient (Wildman–Crippen LogP) is 4.22. The third kappa shape index (κ3) is 4.71. The summed E-state index contributed by atoms with van der Waals surface area (Å²) in [6, 6.07) is 13.9. The number of para-hydroxylation sites is 2. The fraction of sp³-hybridized carbons (Fsp3) is 0.400. The molecule has 2 aromatic carbocycles. The minimum absolute atomic E-state index is 0.0821. The molecule has 3 aromatic rings. The Kier molecular flexibility index (Phi) is 6.92. The number of ether oxygens (including phenoxy) is 1. The normalized spacial score (nSPS) is 14.4. The van der Waals surface area contributed by atoms with Gasteiger partial charge in [0.25, 0.3) is 5.91 Å². The number of piperazine rings is 1. The maximum atomic E-state index is 13.5. The van der Waals surface area contributed by atoms with Crippen LogP contribution in [0.5, 0.6) is 5.75 Å². The molecular formula is C25H31ClN4O2. The molecule has 32 heavy (non-hydrogen) atoms. The number of halogens is 1. The lowest BCUT2D eigenvalue weighted by Gasteiger charge is -2.36. The van der Waals surface area contributed by atoms with Gasteiger partial charge in [0.05, 0.1) is 23.4 Å². The van der Waals surface area contributed by atoms with Gasteiger partial charge >= 0.3 is 0 Å². The van der Waals surface area contributed by atoms with Crippen molar-refractivity contribution in [2.45, 2.75) is 13.5 Å². The Hall–Kier alpha value is -2.70. The van der Waals surface area contributed by atoms with Crippen LogP contribution < -0.4 is 9.64 Å². The van der Waals surface area contributed by atoms with E-state index < -0.39 is 0 Å². The molecule has 0 aliphatic carbocycles. The first-order valence-electron chi connectivity index (χ1n) is 11.2. The van der Waals surface area contributed by atoms with E-state index >= 15 is 0 Å². The molecule has 1 amide bonds. The van der Waals surface area contributed by atoms with E-state index in [0.29, 0.717) is 24.7 Å². The first-order chi connectivity index (χ1) is 15.5. The van der Waals surface area contributed by atoms with Crippen molar-refractivity contribution in [1.29, 1.82) is 0 Å². The first kappa shape index (κ1) is 22.5. The number of amides is 1. The SMILES string of the molecule is CCOc1ccccc1N1CCN(C(=O)c2cn(CCN(C)C)c3cc(Cl)ccc23)CC1. The molecule has 1 saturated heterocycles. The molecule has 6 nitrogen and oxygen atoms in total. The molecule has 170 valence electrons. The van der Waals surface area contributed by atoms with Crippen LogP contribution in [-0.2, 0) is 6.54 Å². The molecule has 1 aliphatic rings. The zero-order chi connectivity index (χ0) is 22.7. The molecule has 1 aliphatic heterocycles. The van der Waals surface area contributed by atoms with Gasteiger partial charge in [-0.15, -0.1) is 0 Å². The molecule has 1 aromatic heterocycles. The molecule has 1 fully saturated rings. The smallest absolute Gasteiger partial charge is 0.256 e. The van der Waals surface area contributed by atoms with Crippen molar-refractivity contribution in [3.8, 4) is 5.75 Å². The van der Waals surface area contributed by atoms with E-state index in [0.717, 1.165) is 54.1 Å². The van der Waals surface area contributed by atoms with Crippen molar-refractivity contribution >= 4 is 34.1 Å². The number of anilines is 1. The topological polar surface area (TPSA) is 41.0 Å². The van der Waals surface area contributed by atoms with E-state index in [9.17, 15) is 4.79 Å². The quantitative estimate of drug-likeness (QED) is 0.536. The third-order valence-corrected chi connectivity index (χ3v) is 6.17. The summed E-state index contributed by atoms with van der Waals surface area (Å²) >= 11 is 6.27. The Morgan fingerprint density at radius 2 is 1.84 bits per heavy atom. The zero-order valence-corrected chi connectivity index (χ0v) is 19.8. The molecule has 7 heteroatoms. The van der Waals surface area contributed by atoms with Gasteiger partial charge in [-0.3, -0.25) is 4.79 Å². The van der Waals surface area contributed by atoms with Crippen LogP contribution in [0.25, 0.3) is 10.9 Å². The van der Waals surface area contributed by atoms with Gasteiger partial charge in [0.1, 0.15) is 5.75 Å². The van der Waals surface area contributed by atoms with Gasteiger partial charge in [0, 0.05) is 55.9 Å². The van der Waals surface area contributed by atoms with E-state index in [1.165, 1.54) is 0 Å². The lowest BCUT2D eigenvalue weighted by Crippen LogP contribution is -2.48. The van der Waals surface area contributed by atoms with Crippen molar-refractivity contribution in [3.63, 3.8) is 0 Å². The van der Waals surface area contributed by atoms with Gasteiger partial charge in [0.15, 0.2) is 0 Å². The van der Waals surface area contributed by atoms with Crippen LogP contribution in [0, 0.1) is 0 Å². The molecule has 2 heterocycles. The Morgan fingerprint density at radius 3 is 2.56 bits per heavy atom. The summed E-state index contributed by atoms with van der Waals surface area (Å²) < 4.78 is 7.94. The average molecular weight is 455 g/mol. The second-order valence-electron chi connectivity index (χ2n) is 8.38. The molecule has 0 atom stereocenters. The molecule has 0 radical (unpaired) electrons. The average Bonchev–Trinajstić information content (AvgIpc) is 3.15. The summed E-state index contributed by atoms with van der Waals surface area (Å²) in [6.45, 7) is 7.24. The molecule has 0 saturated carbocycles. The number of carbonyl (C=O) groups is 1. The summed E-state index contributed by atoms with van der Waals surface area (Å²) in [7, 11) is 4.10. The van der Waals surface area contributed by atoms with Crippen LogP contribution in [0.3, 0.4) is 0 Å². The Morgan fingerprint density at radius 1 is 1.09 bits per heavy atom. The molecule has 4 rings (SSSR count). The molecule has 0 unspecified atom stereocenters. The Balaban J connectivity index is 1.52. The van der Waals surface area contributed by atoms with Crippen LogP contribution >= 0.6 is 11.6 Å². The van der Waals surface area contributed by atoms with Crippen LogP contribution in [-0.4, -0.2) is 73.7 Å². The number of nitrogens with zero attached hydrogens (tertiary/aromatic N) is 4. The van der Waals surface area contributed by atoms with E-state index in [-0.39, 0.29) is 5.91 Å². The van der Waals surface area contributed by atoms with Crippen LogP contribution in [0.2, 0.25) is 5.02 Å². The molecule has 0 spiro atoms. The Labute approximate surface area is 194 Å². The van der Waals surface area contributed by atoms with Crippen LogP contribution in [0.1, 0.15) is 17.3 Å². The predicted molar refractivity (Wildman–Crippen MR) is 131 cm³/mol. The number of rotatable bonds is 7. The van der Waals surface area contributed by atoms with Crippen molar-refractivity contribution in [2.75, 3.05) is 58.3 Å². The lowest BCUT2D eigenvalue weighted by molar-refractivity contribution is 0.0748. The fourth-order valence-electron chi connectivity index (χ4n) is 4.25. The van der Waals surface area contributed by atoms with Crippen molar-refractivity contribution in [3.05, 3.63) is 59.2 Å². The molecular weight excluding hydrogens is 424 g/mol. The summed E-state index contributed by atoms with van der Waals surface area (Å²) in [5.74, 6) is 0.981. The van der Waals surface area contributed by atoms with Gasteiger partial charge in [-0.1, -0.05) is 29.8 Å². The van der Waals surface area contributed by atoms with Gasteiger partial charge in [0.2, 0.25) is 0 Å². The summed E-state index contributed by atoms with van der Waals surface area (Å²) in [6.07, 6.45) is 1.99.